The zero-order valence-corrected chi connectivity index (χ0v) is 8.71. The van der Waals surface area contributed by atoms with Crippen molar-refractivity contribution in [3.05, 3.63) is 0 Å². The average Bonchev–Trinajstić information content (AvgIpc) is 2.69. The molecule has 2 rings (SSSR count). The number of hydrogen-bond acceptors (Lipinski definition) is 3. The van der Waals surface area contributed by atoms with Crippen LogP contribution in [0.5, 0.6) is 0 Å². The fourth-order valence-electron chi connectivity index (χ4n) is 2.27. The molecular formula is C11H20O3. The van der Waals surface area contributed by atoms with E-state index in [1.165, 1.54) is 6.42 Å². The lowest BCUT2D eigenvalue weighted by molar-refractivity contribution is -0.0905. The van der Waals surface area contributed by atoms with Gasteiger partial charge in [0.1, 0.15) is 0 Å². The van der Waals surface area contributed by atoms with Crippen LogP contribution in [0.4, 0.5) is 0 Å². The molecule has 1 N–H and O–H groups in total. The molecule has 0 aromatic heterocycles. The molecule has 1 aliphatic heterocycles. The van der Waals surface area contributed by atoms with Crippen molar-refractivity contribution in [2.45, 2.75) is 50.2 Å². The number of rotatable bonds is 3. The number of aliphatic hydroxyl groups is 1. The van der Waals surface area contributed by atoms with E-state index in [1.54, 1.807) is 0 Å². The topological polar surface area (TPSA) is 38.7 Å². The Morgan fingerprint density at radius 3 is 2.71 bits per heavy atom. The fraction of sp³-hybridized carbons (Fsp3) is 1.00. The molecule has 1 aliphatic carbocycles. The molecule has 2 aliphatic rings. The molecule has 0 amide bonds. The van der Waals surface area contributed by atoms with Gasteiger partial charge in [-0.05, 0) is 19.3 Å². The Morgan fingerprint density at radius 2 is 2.07 bits per heavy atom. The Kier molecular flexibility index (Phi) is 3.42. The van der Waals surface area contributed by atoms with E-state index >= 15 is 0 Å². The highest BCUT2D eigenvalue weighted by atomic mass is 16.5. The molecule has 0 unspecified atom stereocenters. The Balaban J connectivity index is 1.72. The van der Waals surface area contributed by atoms with Gasteiger partial charge >= 0.3 is 0 Å². The van der Waals surface area contributed by atoms with Crippen LogP contribution in [0.15, 0.2) is 0 Å². The van der Waals surface area contributed by atoms with E-state index in [-0.39, 0.29) is 6.10 Å². The van der Waals surface area contributed by atoms with Crippen molar-refractivity contribution in [1.82, 2.24) is 0 Å². The van der Waals surface area contributed by atoms with E-state index in [4.69, 9.17) is 9.47 Å². The standard InChI is InChI=1S/C11H20O3/c12-11(5-2-1-3-6-11)9-14-10-4-7-13-8-10/h10,12H,1-9H2/t10-/m1/s1. The van der Waals surface area contributed by atoms with Gasteiger partial charge in [0.05, 0.1) is 24.9 Å². The summed E-state index contributed by atoms with van der Waals surface area (Å²) in [6.45, 7) is 2.01. The number of ether oxygens (including phenoxy) is 2. The third-order valence-corrected chi connectivity index (χ3v) is 3.26. The van der Waals surface area contributed by atoms with Crippen LogP contribution in [0.2, 0.25) is 0 Å². The minimum atomic E-state index is -0.541. The molecule has 0 aromatic carbocycles. The zero-order valence-electron chi connectivity index (χ0n) is 8.71. The Labute approximate surface area is 85.4 Å². The molecule has 1 atom stereocenters. The van der Waals surface area contributed by atoms with Gasteiger partial charge < -0.3 is 14.6 Å². The summed E-state index contributed by atoms with van der Waals surface area (Å²) in [5.41, 5.74) is -0.541. The van der Waals surface area contributed by atoms with Crippen LogP contribution in [0.25, 0.3) is 0 Å². The Hall–Kier alpha value is -0.120. The molecule has 3 nitrogen and oxygen atoms in total. The second kappa shape index (κ2) is 4.60. The predicted octanol–water partition coefficient (Wildman–Crippen LogP) is 1.49. The predicted molar refractivity (Wildman–Crippen MR) is 53.2 cm³/mol. The fourth-order valence-corrected chi connectivity index (χ4v) is 2.27. The summed E-state index contributed by atoms with van der Waals surface area (Å²) in [6, 6.07) is 0. The van der Waals surface area contributed by atoms with Gasteiger partial charge in [-0.2, -0.15) is 0 Å². The largest absolute Gasteiger partial charge is 0.387 e. The molecule has 14 heavy (non-hydrogen) atoms. The van der Waals surface area contributed by atoms with E-state index in [9.17, 15) is 5.11 Å². The second-order valence-corrected chi connectivity index (χ2v) is 4.58. The highest BCUT2D eigenvalue weighted by Crippen LogP contribution is 2.28. The molecule has 1 saturated heterocycles. The first-order chi connectivity index (χ1) is 6.79. The average molecular weight is 200 g/mol. The molecule has 2 fully saturated rings. The third-order valence-electron chi connectivity index (χ3n) is 3.26. The summed E-state index contributed by atoms with van der Waals surface area (Å²) in [4.78, 5) is 0. The number of hydrogen-bond donors (Lipinski definition) is 1. The normalized spacial score (nSPS) is 31.9. The van der Waals surface area contributed by atoms with Gasteiger partial charge in [-0.15, -0.1) is 0 Å². The van der Waals surface area contributed by atoms with Gasteiger partial charge in [-0.1, -0.05) is 19.3 Å². The van der Waals surface area contributed by atoms with E-state index in [0.717, 1.165) is 38.7 Å². The van der Waals surface area contributed by atoms with Crippen LogP contribution >= 0.6 is 0 Å². The van der Waals surface area contributed by atoms with Gasteiger partial charge in [0.25, 0.3) is 0 Å². The van der Waals surface area contributed by atoms with Crippen molar-refractivity contribution in [1.29, 1.82) is 0 Å². The van der Waals surface area contributed by atoms with Crippen molar-refractivity contribution in [3.63, 3.8) is 0 Å². The van der Waals surface area contributed by atoms with E-state index in [1.807, 2.05) is 0 Å². The molecule has 82 valence electrons. The summed E-state index contributed by atoms with van der Waals surface area (Å²) in [5.74, 6) is 0. The summed E-state index contributed by atoms with van der Waals surface area (Å²) in [6.07, 6.45) is 6.55. The molecule has 1 heterocycles. The third kappa shape index (κ3) is 2.69. The molecule has 0 radical (unpaired) electrons. The molecule has 3 heteroatoms. The van der Waals surface area contributed by atoms with Crippen LogP contribution in [0.3, 0.4) is 0 Å². The first-order valence-electron chi connectivity index (χ1n) is 5.70. The zero-order chi connectivity index (χ0) is 9.86. The molecule has 0 aromatic rings. The van der Waals surface area contributed by atoms with Gasteiger partial charge in [-0.3, -0.25) is 0 Å². The van der Waals surface area contributed by atoms with Crippen LogP contribution in [0, 0.1) is 0 Å². The lowest BCUT2D eigenvalue weighted by atomic mass is 9.85. The van der Waals surface area contributed by atoms with E-state index in [0.29, 0.717) is 13.2 Å². The van der Waals surface area contributed by atoms with Gasteiger partial charge in [0, 0.05) is 6.61 Å². The molecule has 0 spiro atoms. The highest BCUT2D eigenvalue weighted by Gasteiger charge is 2.31. The second-order valence-electron chi connectivity index (χ2n) is 4.58. The maximum absolute atomic E-state index is 10.2. The summed E-state index contributed by atoms with van der Waals surface area (Å²) in [5, 5.41) is 10.2. The Morgan fingerprint density at radius 1 is 1.29 bits per heavy atom. The summed E-state index contributed by atoms with van der Waals surface area (Å²) >= 11 is 0. The molecular weight excluding hydrogens is 180 g/mol. The van der Waals surface area contributed by atoms with Crippen molar-refractivity contribution >= 4 is 0 Å². The SMILES string of the molecule is OC1(CO[C@@H]2CCOC2)CCCCC1. The summed E-state index contributed by atoms with van der Waals surface area (Å²) in [7, 11) is 0. The first-order valence-corrected chi connectivity index (χ1v) is 5.70. The van der Waals surface area contributed by atoms with E-state index < -0.39 is 5.60 Å². The first kappa shape index (κ1) is 10.4. The van der Waals surface area contributed by atoms with Crippen molar-refractivity contribution in [2.24, 2.45) is 0 Å². The van der Waals surface area contributed by atoms with Gasteiger partial charge in [0.15, 0.2) is 0 Å². The van der Waals surface area contributed by atoms with Crippen molar-refractivity contribution in [3.8, 4) is 0 Å². The quantitative estimate of drug-likeness (QED) is 0.750. The maximum atomic E-state index is 10.2. The van der Waals surface area contributed by atoms with Gasteiger partial charge in [0.2, 0.25) is 0 Å². The highest BCUT2D eigenvalue weighted by molar-refractivity contribution is 4.82. The van der Waals surface area contributed by atoms with Crippen LogP contribution in [-0.2, 0) is 9.47 Å². The molecule has 0 bridgehead atoms. The minimum absolute atomic E-state index is 0.223. The van der Waals surface area contributed by atoms with Crippen molar-refractivity contribution in [2.75, 3.05) is 19.8 Å². The lowest BCUT2D eigenvalue weighted by Crippen LogP contribution is -2.38. The lowest BCUT2D eigenvalue weighted by Gasteiger charge is -2.32. The van der Waals surface area contributed by atoms with Crippen LogP contribution in [0.1, 0.15) is 38.5 Å². The molecule has 1 saturated carbocycles. The maximum Gasteiger partial charge on any atom is 0.0880 e. The van der Waals surface area contributed by atoms with E-state index in [2.05, 4.69) is 0 Å². The smallest absolute Gasteiger partial charge is 0.0880 e. The Bertz CT molecular complexity index is 169. The van der Waals surface area contributed by atoms with Crippen molar-refractivity contribution < 1.29 is 14.6 Å². The van der Waals surface area contributed by atoms with Gasteiger partial charge in [-0.25, -0.2) is 0 Å². The minimum Gasteiger partial charge on any atom is -0.387 e. The van der Waals surface area contributed by atoms with Crippen LogP contribution < -0.4 is 0 Å². The summed E-state index contributed by atoms with van der Waals surface area (Å²) < 4.78 is 10.9. The van der Waals surface area contributed by atoms with Crippen LogP contribution in [-0.4, -0.2) is 36.6 Å². The monoisotopic (exact) mass is 200 g/mol.